The van der Waals surface area contributed by atoms with E-state index in [1.165, 1.54) is 24.0 Å². The zero-order valence-electron chi connectivity index (χ0n) is 14.3. The number of hydrogen-bond donors (Lipinski definition) is 1. The molecule has 2 fully saturated rings. The fraction of sp³-hybridized carbons (Fsp3) is 0.632. The zero-order valence-corrected chi connectivity index (χ0v) is 15.1. The van der Waals surface area contributed by atoms with E-state index in [-0.39, 0.29) is 12.4 Å². The molecule has 1 amide bonds. The molecule has 0 aromatic heterocycles. The Hall–Kier alpha value is -1.06. The number of likely N-dealkylation sites (tertiary alicyclic amines) is 1. The van der Waals surface area contributed by atoms with Crippen LogP contribution in [-0.4, -0.2) is 36.0 Å². The highest BCUT2D eigenvalue weighted by Gasteiger charge is 2.31. The van der Waals surface area contributed by atoms with Gasteiger partial charge in [-0.1, -0.05) is 38.1 Å². The van der Waals surface area contributed by atoms with Crippen LogP contribution in [0, 0.1) is 0 Å². The lowest BCUT2D eigenvalue weighted by molar-refractivity contribution is -0.131. The molecule has 3 rings (SSSR count). The molecule has 3 unspecified atom stereocenters. The van der Waals surface area contributed by atoms with Crippen LogP contribution in [0.25, 0.3) is 0 Å². The van der Waals surface area contributed by atoms with Crippen molar-refractivity contribution in [2.24, 2.45) is 0 Å². The van der Waals surface area contributed by atoms with Gasteiger partial charge in [-0.15, -0.1) is 12.4 Å². The van der Waals surface area contributed by atoms with Gasteiger partial charge in [0.25, 0.3) is 0 Å². The highest BCUT2D eigenvalue weighted by Crippen LogP contribution is 2.24. The van der Waals surface area contributed by atoms with Gasteiger partial charge >= 0.3 is 0 Å². The van der Waals surface area contributed by atoms with Crippen LogP contribution in [0.15, 0.2) is 24.3 Å². The summed E-state index contributed by atoms with van der Waals surface area (Å²) >= 11 is 0. The fourth-order valence-electron chi connectivity index (χ4n) is 3.76. The van der Waals surface area contributed by atoms with Crippen LogP contribution < -0.4 is 5.32 Å². The van der Waals surface area contributed by atoms with E-state index in [0.717, 1.165) is 25.9 Å². The summed E-state index contributed by atoms with van der Waals surface area (Å²) in [6.07, 6.45) is 5.32. The SMILES string of the molecule is CCc1ccc(C(C)CC(=O)N2CCC3CCC(C2)N3)cc1.Cl. The number of rotatable bonds is 4. The van der Waals surface area contributed by atoms with Crippen molar-refractivity contribution in [1.82, 2.24) is 10.2 Å². The first kappa shape index (κ1) is 18.3. The molecule has 128 valence electrons. The summed E-state index contributed by atoms with van der Waals surface area (Å²) in [5.74, 6) is 0.619. The molecule has 23 heavy (non-hydrogen) atoms. The summed E-state index contributed by atoms with van der Waals surface area (Å²) in [6.45, 7) is 6.16. The number of amides is 1. The van der Waals surface area contributed by atoms with Gasteiger partial charge in [0.1, 0.15) is 0 Å². The second-order valence-corrected chi connectivity index (χ2v) is 6.97. The molecule has 2 aliphatic rings. The van der Waals surface area contributed by atoms with Gasteiger partial charge in [0.15, 0.2) is 0 Å². The minimum atomic E-state index is 0. The van der Waals surface area contributed by atoms with Gasteiger partial charge in [0.2, 0.25) is 5.91 Å². The molecule has 2 heterocycles. The lowest BCUT2D eigenvalue weighted by Crippen LogP contribution is -2.39. The van der Waals surface area contributed by atoms with Crippen molar-refractivity contribution in [3.05, 3.63) is 35.4 Å². The first-order valence-electron chi connectivity index (χ1n) is 8.78. The molecule has 1 aromatic rings. The van der Waals surface area contributed by atoms with E-state index >= 15 is 0 Å². The molecule has 0 radical (unpaired) electrons. The van der Waals surface area contributed by atoms with Crippen LogP contribution in [0.1, 0.15) is 56.6 Å². The molecule has 0 aliphatic carbocycles. The first-order chi connectivity index (χ1) is 10.7. The van der Waals surface area contributed by atoms with E-state index in [0.29, 0.717) is 30.3 Å². The van der Waals surface area contributed by atoms with Crippen molar-refractivity contribution in [2.45, 2.75) is 64.0 Å². The van der Waals surface area contributed by atoms with Crippen molar-refractivity contribution in [1.29, 1.82) is 0 Å². The Morgan fingerprint density at radius 2 is 1.91 bits per heavy atom. The average molecular weight is 337 g/mol. The van der Waals surface area contributed by atoms with E-state index < -0.39 is 0 Å². The summed E-state index contributed by atoms with van der Waals surface area (Å²) in [4.78, 5) is 14.7. The normalized spacial score (nSPS) is 24.7. The molecular formula is C19H29ClN2O. The van der Waals surface area contributed by atoms with E-state index in [1.807, 2.05) is 0 Å². The predicted molar refractivity (Wildman–Crippen MR) is 97.2 cm³/mol. The number of nitrogens with zero attached hydrogens (tertiary/aromatic N) is 1. The standard InChI is InChI=1S/C19H28N2O.ClH/c1-3-15-4-6-16(7-5-15)14(2)12-19(22)21-11-10-17-8-9-18(13-21)20-17;/h4-7,14,17-18,20H,3,8-13H2,1-2H3;1H. The Balaban J connectivity index is 0.00000192. The first-order valence-corrected chi connectivity index (χ1v) is 8.78. The maximum Gasteiger partial charge on any atom is 0.223 e. The van der Waals surface area contributed by atoms with Crippen molar-refractivity contribution >= 4 is 18.3 Å². The minimum absolute atomic E-state index is 0. The van der Waals surface area contributed by atoms with Crippen molar-refractivity contribution in [3.8, 4) is 0 Å². The van der Waals surface area contributed by atoms with Crippen LogP contribution in [0.2, 0.25) is 0 Å². The Bertz CT molecular complexity index is 517. The number of hydrogen-bond acceptors (Lipinski definition) is 2. The number of fused-ring (bicyclic) bond motifs is 2. The van der Waals surface area contributed by atoms with Crippen LogP contribution >= 0.6 is 12.4 Å². The van der Waals surface area contributed by atoms with Gasteiger partial charge in [-0.2, -0.15) is 0 Å². The zero-order chi connectivity index (χ0) is 15.5. The molecule has 4 heteroatoms. The molecule has 3 atom stereocenters. The van der Waals surface area contributed by atoms with E-state index in [9.17, 15) is 4.79 Å². The van der Waals surface area contributed by atoms with Gasteiger partial charge in [-0.25, -0.2) is 0 Å². The summed E-state index contributed by atoms with van der Waals surface area (Å²) < 4.78 is 0. The maximum atomic E-state index is 12.6. The number of aryl methyl sites for hydroxylation is 1. The highest BCUT2D eigenvalue weighted by molar-refractivity contribution is 5.85. The molecule has 1 N–H and O–H groups in total. The second-order valence-electron chi connectivity index (χ2n) is 6.97. The third kappa shape index (κ3) is 4.48. The average Bonchev–Trinajstić information content (AvgIpc) is 2.86. The van der Waals surface area contributed by atoms with Crippen LogP contribution in [0.5, 0.6) is 0 Å². The van der Waals surface area contributed by atoms with Gasteiger partial charge in [0, 0.05) is 31.6 Å². The summed E-state index contributed by atoms with van der Waals surface area (Å²) in [5.41, 5.74) is 2.64. The quantitative estimate of drug-likeness (QED) is 0.912. The van der Waals surface area contributed by atoms with Gasteiger partial charge in [0.05, 0.1) is 0 Å². The summed E-state index contributed by atoms with van der Waals surface area (Å²) in [5, 5.41) is 3.64. The lowest BCUT2D eigenvalue weighted by Gasteiger charge is -2.25. The highest BCUT2D eigenvalue weighted by atomic mass is 35.5. The van der Waals surface area contributed by atoms with Gasteiger partial charge in [-0.05, 0) is 42.7 Å². The van der Waals surface area contributed by atoms with Gasteiger partial charge in [-0.3, -0.25) is 4.79 Å². The fourth-order valence-corrected chi connectivity index (χ4v) is 3.76. The Labute approximate surface area is 146 Å². The maximum absolute atomic E-state index is 12.6. The predicted octanol–water partition coefficient (Wildman–Crippen LogP) is 3.52. The largest absolute Gasteiger partial charge is 0.341 e. The Morgan fingerprint density at radius 1 is 1.22 bits per heavy atom. The minimum Gasteiger partial charge on any atom is -0.341 e. The Morgan fingerprint density at radius 3 is 2.61 bits per heavy atom. The number of carbonyl (C=O) groups excluding carboxylic acids is 1. The van der Waals surface area contributed by atoms with Crippen molar-refractivity contribution < 1.29 is 4.79 Å². The van der Waals surface area contributed by atoms with Crippen LogP contribution in [-0.2, 0) is 11.2 Å². The molecule has 2 bridgehead atoms. The molecule has 2 aliphatic heterocycles. The lowest BCUT2D eigenvalue weighted by atomic mass is 9.95. The molecule has 0 spiro atoms. The number of benzene rings is 1. The molecule has 2 saturated heterocycles. The van der Waals surface area contributed by atoms with Crippen molar-refractivity contribution in [2.75, 3.05) is 13.1 Å². The summed E-state index contributed by atoms with van der Waals surface area (Å²) in [7, 11) is 0. The summed E-state index contributed by atoms with van der Waals surface area (Å²) in [6, 6.07) is 9.90. The second kappa shape index (κ2) is 8.16. The van der Waals surface area contributed by atoms with E-state index in [1.54, 1.807) is 0 Å². The third-order valence-corrected chi connectivity index (χ3v) is 5.31. The molecule has 3 nitrogen and oxygen atoms in total. The van der Waals surface area contributed by atoms with Gasteiger partial charge < -0.3 is 10.2 Å². The number of nitrogens with one attached hydrogen (secondary N) is 1. The number of carbonyl (C=O) groups is 1. The smallest absolute Gasteiger partial charge is 0.223 e. The third-order valence-electron chi connectivity index (χ3n) is 5.31. The Kier molecular flexibility index (Phi) is 6.49. The van der Waals surface area contributed by atoms with Crippen molar-refractivity contribution in [3.63, 3.8) is 0 Å². The van der Waals surface area contributed by atoms with Crippen LogP contribution in [0.4, 0.5) is 0 Å². The number of halogens is 1. The molecule has 0 saturated carbocycles. The van der Waals surface area contributed by atoms with E-state index in [4.69, 9.17) is 0 Å². The molecule has 1 aromatic carbocycles. The topological polar surface area (TPSA) is 32.3 Å². The van der Waals surface area contributed by atoms with Crippen LogP contribution in [0.3, 0.4) is 0 Å². The monoisotopic (exact) mass is 336 g/mol. The molecular weight excluding hydrogens is 308 g/mol. The van der Waals surface area contributed by atoms with E-state index in [2.05, 4.69) is 48.3 Å².